The molecule has 1 aromatic heterocycles. The first-order valence-electron chi connectivity index (χ1n) is 8.84. The van der Waals surface area contributed by atoms with Gasteiger partial charge in [0.1, 0.15) is 11.8 Å². The number of hydrogen-bond acceptors (Lipinski definition) is 4. The molecule has 2 aliphatic heterocycles. The molecule has 1 amide bonds. The molecule has 1 N–H and O–H groups in total. The third-order valence-electron chi connectivity index (χ3n) is 5.55. The van der Waals surface area contributed by atoms with Crippen LogP contribution in [-0.2, 0) is 4.79 Å². The van der Waals surface area contributed by atoms with Crippen LogP contribution in [0.15, 0.2) is 16.9 Å². The number of nitriles is 1. The molecule has 3 heterocycles. The molecule has 27 heavy (non-hydrogen) atoms. The van der Waals surface area contributed by atoms with Crippen molar-refractivity contribution >= 4 is 17.5 Å². The fourth-order valence-electron chi connectivity index (χ4n) is 4.24. The molecular weight excluding hydrogens is 368 g/mol. The zero-order valence-electron chi connectivity index (χ0n) is 15.2. The number of rotatable bonds is 2. The van der Waals surface area contributed by atoms with Crippen LogP contribution in [0.1, 0.15) is 49.2 Å². The largest absolute Gasteiger partial charge is 0.493 e. The van der Waals surface area contributed by atoms with Crippen molar-refractivity contribution in [2.75, 3.05) is 6.54 Å². The topological polar surface area (TPSA) is 91.3 Å². The van der Waals surface area contributed by atoms with Crippen LogP contribution >= 0.6 is 11.6 Å². The van der Waals surface area contributed by atoms with Crippen molar-refractivity contribution in [3.63, 3.8) is 0 Å². The maximum absolute atomic E-state index is 13.1. The Hall–Kier alpha value is -2.72. The van der Waals surface area contributed by atoms with Gasteiger partial charge in [-0.05, 0) is 31.0 Å². The number of imidazole rings is 1. The molecule has 1 saturated heterocycles. The van der Waals surface area contributed by atoms with Gasteiger partial charge < -0.3 is 10.0 Å². The fraction of sp³-hybridized carbons (Fsp3) is 0.421. The van der Waals surface area contributed by atoms with E-state index >= 15 is 0 Å². The summed E-state index contributed by atoms with van der Waals surface area (Å²) < 4.78 is 2.82. The molecule has 2 atom stereocenters. The molecule has 2 aromatic rings. The molecular formula is C19H19ClN4O3. The number of carbonyl (C=O) groups is 1. The van der Waals surface area contributed by atoms with Gasteiger partial charge in [-0.3, -0.25) is 9.36 Å². The first-order valence-corrected chi connectivity index (χ1v) is 9.21. The van der Waals surface area contributed by atoms with Crippen LogP contribution in [0.2, 0.25) is 5.02 Å². The Labute approximate surface area is 161 Å². The number of likely N-dealkylation sites (tertiary alicyclic amines) is 1. The molecule has 8 heteroatoms. The first-order chi connectivity index (χ1) is 12.8. The summed E-state index contributed by atoms with van der Waals surface area (Å²) in [6.45, 7) is 5.87. The van der Waals surface area contributed by atoms with Crippen LogP contribution in [0.4, 0.5) is 0 Å². The average Bonchev–Trinajstić information content (AvgIpc) is 3.29. The van der Waals surface area contributed by atoms with E-state index in [1.807, 2.05) is 19.9 Å². The molecule has 0 saturated carbocycles. The van der Waals surface area contributed by atoms with Gasteiger partial charge in [-0.25, -0.2) is 9.36 Å². The molecule has 0 radical (unpaired) electrons. The highest BCUT2D eigenvalue weighted by Gasteiger charge is 2.49. The minimum absolute atomic E-state index is 0.0194. The van der Waals surface area contributed by atoms with Gasteiger partial charge in [-0.15, -0.1) is 0 Å². The standard InChI is InChI=1S/C19H19ClN4O3/c1-9(2)17(25)22-8-12-6-14(22)16-18(26)24(19(27)23(12)16)13-5-4-11(7-21)15(20)10(13)3/h4-5,9,12,14,26H,6,8H2,1-3H3. The second-order valence-electron chi connectivity index (χ2n) is 7.43. The van der Waals surface area contributed by atoms with Crippen LogP contribution in [0, 0.1) is 24.2 Å². The van der Waals surface area contributed by atoms with Crippen LogP contribution < -0.4 is 5.69 Å². The van der Waals surface area contributed by atoms with E-state index in [1.165, 1.54) is 10.6 Å². The summed E-state index contributed by atoms with van der Waals surface area (Å²) in [5.41, 5.74) is 1.41. The molecule has 140 valence electrons. The van der Waals surface area contributed by atoms with Gasteiger partial charge in [0.2, 0.25) is 11.8 Å². The summed E-state index contributed by atoms with van der Waals surface area (Å²) in [5, 5.41) is 20.3. The molecule has 0 spiro atoms. The number of amides is 1. The Morgan fingerprint density at radius 1 is 1.41 bits per heavy atom. The quantitative estimate of drug-likeness (QED) is 0.858. The Morgan fingerprint density at radius 2 is 2.11 bits per heavy atom. The van der Waals surface area contributed by atoms with Gasteiger partial charge in [0.15, 0.2) is 0 Å². The SMILES string of the molecule is Cc1c(-n2c(O)c3n(c2=O)C2CC3N(C(=O)C(C)C)C2)ccc(C#N)c1Cl. The highest BCUT2D eigenvalue weighted by Crippen LogP contribution is 2.49. The van der Waals surface area contributed by atoms with Crippen LogP contribution in [0.5, 0.6) is 5.88 Å². The normalized spacial score (nSPS) is 20.2. The lowest BCUT2D eigenvalue weighted by Gasteiger charge is -2.29. The number of carbonyl (C=O) groups excluding carboxylic acids is 1. The minimum atomic E-state index is -0.351. The van der Waals surface area contributed by atoms with E-state index in [-0.39, 0.29) is 40.5 Å². The lowest BCUT2D eigenvalue weighted by atomic mass is 10.1. The van der Waals surface area contributed by atoms with Gasteiger partial charge in [-0.1, -0.05) is 25.4 Å². The molecule has 1 fully saturated rings. The van der Waals surface area contributed by atoms with Crippen molar-refractivity contribution in [2.45, 2.75) is 39.3 Å². The molecule has 2 unspecified atom stereocenters. The van der Waals surface area contributed by atoms with Crippen molar-refractivity contribution in [2.24, 2.45) is 5.92 Å². The van der Waals surface area contributed by atoms with E-state index < -0.39 is 0 Å². The van der Waals surface area contributed by atoms with E-state index in [1.54, 1.807) is 22.5 Å². The third-order valence-corrected chi connectivity index (χ3v) is 6.04. The Morgan fingerprint density at radius 3 is 2.74 bits per heavy atom. The highest BCUT2D eigenvalue weighted by atomic mass is 35.5. The summed E-state index contributed by atoms with van der Waals surface area (Å²) >= 11 is 6.24. The van der Waals surface area contributed by atoms with Gasteiger partial charge in [0, 0.05) is 12.5 Å². The van der Waals surface area contributed by atoms with Crippen molar-refractivity contribution in [3.8, 4) is 17.6 Å². The minimum Gasteiger partial charge on any atom is -0.493 e. The number of hydrogen-bond donors (Lipinski definition) is 1. The molecule has 2 aliphatic rings. The Bertz CT molecular complexity index is 1080. The maximum atomic E-state index is 13.1. The van der Waals surface area contributed by atoms with Crippen LogP contribution in [0.25, 0.3) is 5.69 Å². The summed E-state index contributed by atoms with van der Waals surface area (Å²) in [6.07, 6.45) is 0.643. The van der Waals surface area contributed by atoms with E-state index in [2.05, 4.69) is 0 Å². The summed E-state index contributed by atoms with van der Waals surface area (Å²) in [6, 6.07) is 4.71. The lowest BCUT2D eigenvalue weighted by Crippen LogP contribution is -2.39. The second kappa shape index (κ2) is 5.89. The summed E-state index contributed by atoms with van der Waals surface area (Å²) in [7, 11) is 0. The highest BCUT2D eigenvalue weighted by molar-refractivity contribution is 6.32. The van der Waals surface area contributed by atoms with Crippen molar-refractivity contribution in [1.29, 1.82) is 5.26 Å². The summed E-state index contributed by atoms with van der Waals surface area (Å²) in [4.78, 5) is 27.3. The molecule has 0 aliphatic carbocycles. The van der Waals surface area contributed by atoms with Gasteiger partial charge in [-0.2, -0.15) is 5.26 Å². The van der Waals surface area contributed by atoms with Crippen molar-refractivity contribution < 1.29 is 9.90 Å². The zero-order chi connectivity index (χ0) is 19.6. The predicted octanol–water partition coefficient (Wildman–Crippen LogP) is 2.66. The molecule has 1 aromatic carbocycles. The van der Waals surface area contributed by atoms with E-state index in [9.17, 15) is 14.7 Å². The summed E-state index contributed by atoms with van der Waals surface area (Å²) in [5.74, 6) is -0.295. The first kappa shape index (κ1) is 17.7. The molecule has 2 bridgehead atoms. The van der Waals surface area contributed by atoms with Gasteiger partial charge in [0.05, 0.1) is 28.4 Å². The van der Waals surface area contributed by atoms with E-state index in [4.69, 9.17) is 16.9 Å². The average molecular weight is 387 g/mol. The van der Waals surface area contributed by atoms with Crippen molar-refractivity contribution in [1.82, 2.24) is 14.0 Å². The molecule has 7 nitrogen and oxygen atoms in total. The Balaban J connectivity index is 1.87. The maximum Gasteiger partial charge on any atom is 0.336 e. The number of benzene rings is 1. The number of fused-ring (bicyclic) bond motifs is 5. The van der Waals surface area contributed by atoms with Crippen LogP contribution in [-0.4, -0.2) is 31.6 Å². The predicted molar refractivity (Wildman–Crippen MR) is 99.1 cm³/mol. The lowest BCUT2D eigenvalue weighted by molar-refractivity contribution is -0.136. The smallest absolute Gasteiger partial charge is 0.336 e. The Kier molecular flexibility index (Phi) is 3.86. The van der Waals surface area contributed by atoms with E-state index in [0.29, 0.717) is 35.5 Å². The third kappa shape index (κ3) is 2.26. The van der Waals surface area contributed by atoms with Gasteiger partial charge >= 0.3 is 5.69 Å². The number of aromatic hydroxyl groups is 1. The second-order valence-corrected chi connectivity index (χ2v) is 7.81. The number of halogens is 1. The van der Waals surface area contributed by atoms with Gasteiger partial charge in [0.25, 0.3) is 0 Å². The monoisotopic (exact) mass is 386 g/mol. The van der Waals surface area contributed by atoms with Crippen molar-refractivity contribution in [3.05, 3.63) is 44.5 Å². The molecule has 4 rings (SSSR count). The van der Waals surface area contributed by atoms with E-state index in [0.717, 1.165) is 0 Å². The number of nitrogens with zero attached hydrogens (tertiary/aromatic N) is 4. The fourth-order valence-corrected chi connectivity index (χ4v) is 4.44. The van der Waals surface area contributed by atoms with Crippen LogP contribution in [0.3, 0.4) is 0 Å². The zero-order valence-corrected chi connectivity index (χ0v) is 16.0. The number of aromatic nitrogens is 2.